The van der Waals surface area contributed by atoms with E-state index in [1.165, 1.54) is 32.1 Å². The summed E-state index contributed by atoms with van der Waals surface area (Å²) in [5.74, 6) is 1.06. The summed E-state index contributed by atoms with van der Waals surface area (Å²) in [7, 11) is 0. The Morgan fingerprint density at radius 2 is 1.45 bits per heavy atom. The Hall–Kier alpha value is -1.88. The summed E-state index contributed by atoms with van der Waals surface area (Å²) in [5, 5.41) is 0. The van der Waals surface area contributed by atoms with Crippen LogP contribution in [0.1, 0.15) is 50.5 Å². The molecule has 0 N–H and O–H groups in total. The highest BCUT2D eigenvalue weighted by atomic mass is 16.2. The van der Waals surface area contributed by atoms with Gasteiger partial charge in [-0.1, -0.05) is 43.2 Å². The smallest absolute Gasteiger partial charge is 0.240 e. The second-order valence-corrected chi connectivity index (χ2v) is 8.95. The molecule has 3 fully saturated rings. The third kappa shape index (κ3) is 5.00. The van der Waals surface area contributed by atoms with Crippen molar-refractivity contribution >= 4 is 11.8 Å². The number of likely N-dealkylation sites (tertiary alicyclic amines) is 1. The van der Waals surface area contributed by atoms with Crippen LogP contribution >= 0.6 is 0 Å². The fraction of sp³-hybridized carbons (Fsp3) is 0.667. The van der Waals surface area contributed by atoms with Crippen molar-refractivity contribution in [3.8, 4) is 0 Å². The molecule has 0 spiro atoms. The Kier molecular flexibility index (Phi) is 6.86. The van der Waals surface area contributed by atoms with Gasteiger partial charge in [0.25, 0.3) is 0 Å². The van der Waals surface area contributed by atoms with Gasteiger partial charge in [-0.05, 0) is 43.6 Å². The molecule has 2 saturated heterocycles. The molecular formula is C24H35N3O2. The minimum Gasteiger partial charge on any atom is -0.341 e. The first-order valence-corrected chi connectivity index (χ1v) is 11.6. The highest BCUT2D eigenvalue weighted by Gasteiger charge is 2.39. The Morgan fingerprint density at radius 1 is 0.793 bits per heavy atom. The topological polar surface area (TPSA) is 43.9 Å². The van der Waals surface area contributed by atoms with E-state index >= 15 is 0 Å². The van der Waals surface area contributed by atoms with E-state index in [2.05, 4.69) is 9.80 Å². The maximum Gasteiger partial charge on any atom is 0.240 e. The molecule has 2 heterocycles. The number of hydrogen-bond donors (Lipinski definition) is 0. The summed E-state index contributed by atoms with van der Waals surface area (Å²) in [6.07, 6.45) is 8.87. The highest BCUT2D eigenvalue weighted by molar-refractivity contribution is 5.82. The third-order valence-electron chi connectivity index (χ3n) is 7.03. The van der Waals surface area contributed by atoms with E-state index in [9.17, 15) is 9.59 Å². The zero-order valence-corrected chi connectivity index (χ0v) is 17.6. The number of amides is 2. The number of piperazine rings is 1. The summed E-state index contributed by atoms with van der Waals surface area (Å²) in [6.45, 7) is 4.97. The van der Waals surface area contributed by atoms with Crippen molar-refractivity contribution in [2.75, 3.05) is 39.3 Å². The van der Waals surface area contributed by atoms with Crippen molar-refractivity contribution in [3.63, 3.8) is 0 Å². The first-order chi connectivity index (χ1) is 14.2. The number of benzene rings is 1. The van der Waals surface area contributed by atoms with E-state index < -0.39 is 0 Å². The summed E-state index contributed by atoms with van der Waals surface area (Å²) in [6, 6.07) is 10.0. The second-order valence-electron chi connectivity index (χ2n) is 8.95. The first kappa shape index (κ1) is 20.4. The predicted octanol–water partition coefficient (Wildman–Crippen LogP) is 2.94. The van der Waals surface area contributed by atoms with Crippen LogP contribution < -0.4 is 0 Å². The van der Waals surface area contributed by atoms with Gasteiger partial charge in [0, 0.05) is 39.3 Å². The van der Waals surface area contributed by atoms with Gasteiger partial charge >= 0.3 is 0 Å². The van der Waals surface area contributed by atoms with E-state index in [0.717, 1.165) is 57.7 Å². The molecule has 1 unspecified atom stereocenters. The van der Waals surface area contributed by atoms with Gasteiger partial charge in [0.05, 0.1) is 12.5 Å². The molecule has 29 heavy (non-hydrogen) atoms. The van der Waals surface area contributed by atoms with Crippen LogP contribution in [0.25, 0.3) is 0 Å². The number of rotatable bonds is 5. The van der Waals surface area contributed by atoms with Gasteiger partial charge in [0.15, 0.2) is 0 Å². The lowest BCUT2D eigenvalue weighted by Gasteiger charge is -2.43. The molecule has 0 bridgehead atoms. The van der Waals surface area contributed by atoms with E-state index in [1.54, 1.807) is 0 Å². The van der Waals surface area contributed by atoms with Crippen LogP contribution in [-0.4, -0.2) is 71.8 Å². The standard InChI is InChI=1S/C24H35N3O2/c28-22(19-20-9-3-1-4-10-20)25-15-17-26(18-16-25)23(21-11-5-6-12-21)24(29)27-13-7-2-8-14-27/h1,3-4,9-10,21,23H,2,5-8,11-19H2. The van der Waals surface area contributed by atoms with Crippen LogP contribution in [0, 0.1) is 5.92 Å². The minimum atomic E-state index is 0.0296. The number of nitrogens with zero attached hydrogens (tertiary/aromatic N) is 3. The zero-order valence-electron chi connectivity index (χ0n) is 17.6. The van der Waals surface area contributed by atoms with Crippen molar-refractivity contribution in [1.29, 1.82) is 0 Å². The summed E-state index contributed by atoms with van der Waals surface area (Å²) in [5.41, 5.74) is 1.07. The molecular weight excluding hydrogens is 362 g/mol. The Morgan fingerprint density at radius 3 is 2.10 bits per heavy atom. The molecule has 3 aliphatic rings. The molecule has 1 aromatic carbocycles. The molecule has 0 aromatic heterocycles. The predicted molar refractivity (Wildman–Crippen MR) is 114 cm³/mol. The fourth-order valence-corrected chi connectivity index (χ4v) is 5.36. The first-order valence-electron chi connectivity index (χ1n) is 11.6. The van der Waals surface area contributed by atoms with Gasteiger partial charge < -0.3 is 9.80 Å². The van der Waals surface area contributed by atoms with Gasteiger partial charge in [-0.3, -0.25) is 14.5 Å². The maximum atomic E-state index is 13.4. The van der Waals surface area contributed by atoms with Gasteiger partial charge in [0.1, 0.15) is 0 Å². The fourth-order valence-electron chi connectivity index (χ4n) is 5.36. The number of carbonyl (C=O) groups excluding carboxylic acids is 2. The molecule has 158 valence electrons. The van der Waals surface area contributed by atoms with Crippen molar-refractivity contribution in [2.24, 2.45) is 5.92 Å². The summed E-state index contributed by atoms with van der Waals surface area (Å²) >= 11 is 0. The molecule has 0 radical (unpaired) electrons. The van der Waals surface area contributed by atoms with Crippen molar-refractivity contribution in [3.05, 3.63) is 35.9 Å². The molecule has 2 amide bonds. The minimum absolute atomic E-state index is 0.0296. The molecule has 1 saturated carbocycles. The van der Waals surface area contributed by atoms with Crippen LogP contribution in [-0.2, 0) is 16.0 Å². The molecule has 5 nitrogen and oxygen atoms in total. The molecule has 1 aromatic rings. The van der Waals surface area contributed by atoms with Crippen molar-refractivity contribution < 1.29 is 9.59 Å². The molecule has 4 rings (SSSR count). The molecule has 5 heteroatoms. The largest absolute Gasteiger partial charge is 0.341 e. The average molecular weight is 398 g/mol. The lowest BCUT2D eigenvalue weighted by Crippen LogP contribution is -2.59. The molecule has 1 aliphatic carbocycles. The van der Waals surface area contributed by atoms with Crippen LogP contribution in [0.5, 0.6) is 0 Å². The quantitative estimate of drug-likeness (QED) is 0.767. The van der Waals surface area contributed by atoms with Crippen molar-refractivity contribution in [1.82, 2.24) is 14.7 Å². The SMILES string of the molecule is O=C(Cc1ccccc1)N1CCN(C(C(=O)N2CCCCC2)C2CCCC2)CC1. The van der Waals surface area contributed by atoms with E-state index in [0.29, 0.717) is 18.2 Å². The van der Waals surface area contributed by atoms with Crippen LogP contribution in [0.4, 0.5) is 0 Å². The lowest BCUT2D eigenvalue weighted by atomic mass is 9.93. The third-order valence-corrected chi connectivity index (χ3v) is 7.03. The maximum absolute atomic E-state index is 13.4. The highest BCUT2D eigenvalue weighted by Crippen LogP contribution is 2.32. The summed E-state index contributed by atoms with van der Waals surface area (Å²) in [4.78, 5) is 32.7. The number of piperidine rings is 1. The Balaban J connectivity index is 1.37. The van der Waals surface area contributed by atoms with Crippen molar-refractivity contribution in [2.45, 2.75) is 57.4 Å². The average Bonchev–Trinajstić information content (AvgIpc) is 3.30. The van der Waals surface area contributed by atoms with Gasteiger partial charge in [0.2, 0.25) is 11.8 Å². The lowest BCUT2D eigenvalue weighted by molar-refractivity contribution is -0.142. The van der Waals surface area contributed by atoms with Gasteiger partial charge in [-0.15, -0.1) is 0 Å². The van der Waals surface area contributed by atoms with Crippen LogP contribution in [0.3, 0.4) is 0 Å². The zero-order chi connectivity index (χ0) is 20.1. The van der Waals surface area contributed by atoms with Crippen LogP contribution in [0.15, 0.2) is 30.3 Å². The van der Waals surface area contributed by atoms with E-state index in [4.69, 9.17) is 0 Å². The van der Waals surface area contributed by atoms with Gasteiger partial charge in [-0.25, -0.2) is 0 Å². The number of hydrogen-bond acceptors (Lipinski definition) is 3. The molecule has 2 aliphatic heterocycles. The molecule has 1 atom stereocenters. The normalized spacial score (nSPS) is 22.6. The number of carbonyl (C=O) groups is 2. The van der Waals surface area contributed by atoms with Crippen LogP contribution in [0.2, 0.25) is 0 Å². The van der Waals surface area contributed by atoms with E-state index in [1.807, 2.05) is 35.2 Å². The van der Waals surface area contributed by atoms with Gasteiger partial charge in [-0.2, -0.15) is 0 Å². The van der Waals surface area contributed by atoms with E-state index in [-0.39, 0.29) is 11.9 Å². The Labute approximate surface area is 175 Å². The monoisotopic (exact) mass is 397 g/mol. The second kappa shape index (κ2) is 9.75. The Bertz CT molecular complexity index is 673. The summed E-state index contributed by atoms with van der Waals surface area (Å²) < 4.78 is 0.